The van der Waals surface area contributed by atoms with Crippen molar-refractivity contribution in [2.75, 3.05) is 6.61 Å². The largest absolute Gasteiger partial charge is 0.392 e. The van der Waals surface area contributed by atoms with E-state index in [1.807, 2.05) is 13.0 Å². The van der Waals surface area contributed by atoms with E-state index in [4.69, 9.17) is 5.11 Å². The van der Waals surface area contributed by atoms with E-state index in [1.54, 1.807) is 6.08 Å². The molecular weight excluding hydrogens is 128 g/mol. The molecule has 0 saturated heterocycles. The molecule has 54 valence electrons. The van der Waals surface area contributed by atoms with Gasteiger partial charge >= 0.3 is 0 Å². The molecule has 0 radical (unpaired) electrons. The van der Waals surface area contributed by atoms with Gasteiger partial charge in [0.2, 0.25) is 0 Å². The van der Waals surface area contributed by atoms with Gasteiger partial charge in [0, 0.05) is 12.0 Å². The lowest BCUT2D eigenvalue weighted by Crippen LogP contribution is -2.08. The van der Waals surface area contributed by atoms with Crippen LogP contribution in [0.25, 0.3) is 0 Å². The number of ketones is 1. The van der Waals surface area contributed by atoms with Crippen molar-refractivity contribution in [3.05, 3.63) is 23.3 Å². The Bertz CT molecular complexity index is 211. The second-order valence-corrected chi connectivity index (χ2v) is 2.40. The Labute approximate surface area is 59.9 Å². The van der Waals surface area contributed by atoms with E-state index in [9.17, 15) is 4.79 Å². The molecule has 10 heavy (non-hydrogen) atoms. The Morgan fingerprint density at radius 3 is 2.90 bits per heavy atom. The minimum atomic E-state index is -0.135. The summed E-state index contributed by atoms with van der Waals surface area (Å²) in [5.74, 6) is 0.0353. The predicted molar refractivity (Wildman–Crippen MR) is 38.5 cm³/mol. The first kappa shape index (κ1) is 7.22. The fourth-order valence-corrected chi connectivity index (χ4v) is 0.933. The average molecular weight is 138 g/mol. The Morgan fingerprint density at radius 1 is 1.70 bits per heavy atom. The van der Waals surface area contributed by atoms with E-state index in [-0.39, 0.29) is 12.4 Å². The molecule has 0 aromatic carbocycles. The predicted octanol–water partition coefficient (Wildman–Crippen LogP) is 0.824. The van der Waals surface area contributed by atoms with Crippen molar-refractivity contribution in [3.63, 3.8) is 0 Å². The third-order valence-electron chi connectivity index (χ3n) is 1.54. The van der Waals surface area contributed by atoms with Gasteiger partial charge in [0.15, 0.2) is 5.78 Å². The van der Waals surface area contributed by atoms with Crippen molar-refractivity contribution in [1.82, 2.24) is 0 Å². The maximum atomic E-state index is 10.9. The van der Waals surface area contributed by atoms with Gasteiger partial charge in [0.1, 0.15) is 0 Å². The lowest BCUT2D eigenvalue weighted by Gasteiger charge is -2.06. The topological polar surface area (TPSA) is 37.3 Å². The van der Waals surface area contributed by atoms with Crippen molar-refractivity contribution in [2.24, 2.45) is 0 Å². The Balaban J connectivity index is 2.83. The number of aliphatic hydroxyl groups excluding tert-OH is 1. The molecule has 0 bridgehead atoms. The third-order valence-corrected chi connectivity index (χ3v) is 1.54. The molecule has 0 fully saturated rings. The molecule has 0 aliphatic heterocycles. The molecule has 0 aromatic rings. The number of Topliss-reactive ketones (excluding diaryl/α,β-unsaturated/α-hetero) is 1. The van der Waals surface area contributed by atoms with Crippen LogP contribution in [-0.4, -0.2) is 17.5 Å². The Kier molecular flexibility index (Phi) is 2.02. The van der Waals surface area contributed by atoms with Crippen LogP contribution >= 0.6 is 0 Å². The van der Waals surface area contributed by atoms with Gasteiger partial charge < -0.3 is 5.11 Å². The summed E-state index contributed by atoms with van der Waals surface area (Å²) in [7, 11) is 0. The molecule has 0 spiro atoms. The van der Waals surface area contributed by atoms with Crippen LogP contribution in [0.15, 0.2) is 23.3 Å². The fraction of sp³-hybridized carbons (Fsp3) is 0.375. The van der Waals surface area contributed by atoms with E-state index >= 15 is 0 Å². The van der Waals surface area contributed by atoms with Crippen LogP contribution in [0.2, 0.25) is 0 Å². The van der Waals surface area contributed by atoms with Crippen molar-refractivity contribution >= 4 is 5.78 Å². The first-order chi connectivity index (χ1) is 4.74. The van der Waals surface area contributed by atoms with Gasteiger partial charge in [0.05, 0.1) is 6.61 Å². The summed E-state index contributed by atoms with van der Waals surface area (Å²) in [4.78, 5) is 10.9. The van der Waals surface area contributed by atoms with Gasteiger partial charge in [-0.05, 0) is 6.92 Å². The number of rotatable bonds is 1. The highest BCUT2D eigenvalue weighted by Gasteiger charge is 2.10. The molecule has 1 N–H and O–H groups in total. The van der Waals surface area contributed by atoms with Crippen molar-refractivity contribution < 1.29 is 9.90 Å². The number of hydrogen-bond acceptors (Lipinski definition) is 2. The summed E-state index contributed by atoms with van der Waals surface area (Å²) in [6, 6.07) is 0. The van der Waals surface area contributed by atoms with Gasteiger partial charge in [-0.1, -0.05) is 17.7 Å². The average Bonchev–Trinajstić information content (AvgIpc) is 1.94. The molecule has 2 nitrogen and oxygen atoms in total. The zero-order valence-electron chi connectivity index (χ0n) is 5.92. The minimum Gasteiger partial charge on any atom is -0.392 e. The minimum absolute atomic E-state index is 0.0353. The first-order valence-corrected chi connectivity index (χ1v) is 3.25. The molecule has 2 heteroatoms. The fourth-order valence-electron chi connectivity index (χ4n) is 0.933. The molecule has 0 heterocycles. The van der Waals surface area contributed by atoms with Crippen LogP contribution in [-0.2, 0) is 4.79 Å². The number of carbonyl (C=O) groups is 1. The van der Waals surface area contributed by atoms with Crippen LogP contribution in [0.1, 0.15) is 13.3 Å². The molecule has 1 rings (SSSR count). The maximum absolute atomic E-state index is 10.9. The highest BCUT2D eigenvalue weighted by molar-refractivity contribution is 5.98. The Hall–Kier alpha value is -0.890. The molecule has 0 unspecified atom stereocenters. The standard InChI is InChI=1S/C8H10O2/c1-6-2-3-8(10)7(4-6)5-9/h2,4,9H,3,5H2,1H3. The van der Waals surface area contributed by atoms with Gasteiger partial charge in [-0.2, -0.15) is 0 Å². The molecule has 0 atom stereocenters. The molecule has 0 aromatic heterocycles. The second-order valence-electron chi connectivity index (χ2n) is 2.40. The molecule has 1 aliphatic rings. The van der Waals surface area contributed by atoms with E-state index < -0.39 is 0 Å². The number of carbonyl (C=O) groups excluding carboxylic acids is 1. The number of hydrogen-bond donors (Lipinski definition) is 1. The summed E-state index contributed by atoms with van der Waals surface area (Å²) >= 11 is 0. The summed E-state index contributed by atoms with van der Waals surface area (Å²) in [6.07, 6.45) is 4.03. The highest BCUT2D eigenvalue weighted by atomic mass is 16.3. The van der Waals surface area contributed by atoms with Crippen LogP contribution < -0.4 is 0 Å². The maximum Gasteiger partial charge on any atom is 0.164 e. The zero-order valence-corrected chi connectivity index (χ0v) is 5.92. The van der Waals surface area contributed by atoms with Crippen LogP contribution in [0.5, 0.6) is 0 Å². The summed E-state index contributed by atoms with van der Waals surface area (Å²) in [5.41, 5.74) is 1.59. The first-order valence-electron chi connectivity index (χ1n) is 3.25. The summed E-state index contributed by atoms with van der Waals surface area (Å²) in [6.45, 7) is 1.78. The van der Waals surface area contributed by atoms with Crippen LogP contribution in [0.4, 0.5) is 0 Å². The lowest BCUT2D eigenvalue weighted by molar-refractivity contribution is -0.115. The smallest absolute Gasteiger partial charge is 0.164 e. The van der Waals surface area contributed by atoms with Crippen LogP contribution in [0, 0.1) is 0 Å². The van der Waals surface area contributed by atoms with E-state index in [1.165, 1.54) is 0 Å². The van der Waals surface area contributed by atoms with Crippen molar-refractivity contribution in [3.8, 4) is 0 Å². The Morgan fingerprint density at radius 2 is 2.40 bits per heavy atom. The van der Waals surface area contributed by atoms with Gasteiger partial charge in [0.25, 0.3) is 0 Å². The molecule has 1 aliphatic carbocycles. The van der Waals surface area contributed by atoms with E-state index in [2.05, 4.69) is 0 Å². The second kappa shape index (κ2) is 2.80. The van der Waals surface area contributed by atoms with Gasteiger partial charge in [-0.25, -0.2) is 0 Å². The number of aliphatic hydroxyl groups is 1. The number of allylic oxidation sites excluding steroid dienone is 3. The molecular formula is C8H10O2. The third kappa shape index (κ3) is 1.33. The van der Waals surface area contributed by atoms with Crippen LogP contribution in [0.3, 0.4) is 0 Å². The summed E-state index contributed by atoms with van der Waals surface area (Å²) < 4.78 is 0. The molecule has 0 amide bonds. The highest BCUT2D eigenvalue weighted by Crippen LogP contribution is 2.12. The zero-order chi connectivity index (χ0) is 7.56. The SMILES string of the molecule is CC1=CCC(=O)C(CO)=C1. The molecule has 0 saturated carbocycles. The quantitative estimate of drug-likeness (QED) is 0.582. The van der Waals surface area contributed by atoms with E-state index in [0.717, 1.165) is 5.57 Å². The van der Waals surface area contributed by atoms with Crippen molar-refractivity contribution in [1.29, 1.82) is 0 Å². The van der Waals surface area contributed by atoms with Crippen molar-refractivity contribution in [2.45, 2.75) is 13.3 Å². The summed E-state index contributed by atoms with van der Waals surface area (Å²) in [5, 5.41) is 8.66. The van der Waals surface area contributed by atoms with Gasteiger partial charge in [-0.15, -0.1) is 0 Å². The lowest BCUT2D eigenvalue weighted by atomic mass is 10.00. The van der Waals surface area contributed by atoms with E-state index in [0.29, 0.717) is 12.0 Å². The monoisotopic (exact) mass is 138 g/mol. The van der Waals surface area contributed by atoms with Gasteiger partial charge in [-0.3, -0.25) is 4.79 Å². The normalized spacial score (nSPS) is 18.4.